The van der Waals surface area contributed by atoms with Gasteiger partial charge >= 0.3 is 0 Å². The Hall–Kier alpha value is -2.33. The molecule has 2 heterocycles. The number of hydrogen-bond acceptors (Lipinski definition) is 3. The van der Waals surface area contributed by atoms with Gasteiger partial charge in [-0.1, -0.05) is 49.7 Å². The van der Waals surface area contributed by atoms with Gasteiger partial charge in [0, 0.05) is 28.6 Å². The van der Waals surface area contributed by atoms with Gasteiger partial charge in [0.05, 0.1) is 12.8 Å². The van der Waals surface area contributed by atoms with Crippen LogP contribution in [0.5, 0.6) is 5.88 Å². The summed E-state index contributed by atoms with van der Waals surface area (Å²) in [6.07, 6.45) is 5.83. The highest BCUT2D eigenvalue weighted by Crippen LogP contribution is 2.44. The van der Waals surface area contributed by atoms with Crippen LogP contribution in [0.4, 0.5) is 0 Å². The summed E-state index contributed by atoms with van der Waals surface area (Å²) in [6, 6.07) is 10.4. The van der Waals surface area contributed by atoms with Crippen molar-refractivity contribution in [1.82, 2.24) is 10.3 Å². The van der Waals surface area contributed by atoms with Crippen molar-refractivity contribution in [2.75, 3.05) is 7.11 Å². The van der Waals surface area contributed by atoms with E-state index in [2.05, 4.69) is 49.5 Å². The molecule has 1 saturated heterocycles. The van der Waals surface area contributed by atoms with Gasteiger partial charge in [0.2, 0.25) is 11.8 Å². The molecule has 4 nitrogen and oxygen atoms in total. The molecule has 1 aliphatic carbocycles. The minimum Gasteiger partial charge on any atom is -0.481 e. The topological polar surface area (TPSA) is 51.2 Å². The SMILES string of the molecule is COc1nc(/C(=C/[C@H]2CCC(=O)N2)c2ccc(C(C)C)c(Cl)c2)ccc1C1CC1. The van der Waals surface area contributed by atoms with Gasteiger partial charge in [-0.2, -0.15) is 0 Å². The van der Waals surface area contributed by atoms with Gasteiger partial charge in [-0.25, -0.2) is 4.98 Å². The molecule has 1 saturated carbocycles. The van der Waals surface area contributed by atoms with Crippen LogP contribution in [0.2, 0.25) is 5.02 Å². The van der Waals surface area contributed by atoms with E-state index in [1.807, 2.05) is 6.07 Å². The van der Waals surface area contributed by atoms with Gasteiger partial charge in [0.1, 0.15) is 0 Å². The molecular formula is C24H27ClN2O2. The van der Waals surface area contributed by atoms with Crippen LogP contribution < -0.4 is 10.1 Å². The number of carbonyl (C=O) groups is 1. The number of nitrogens with zero attached hydrogens (tertiary/aromatic N) is 1. The second kappa shape index (κ2) is 8.19. The number of methoxy groups -OCH3 is 1. The summed E-state index contributed by atoms with van der Waals surface area (Å²) >= 11 is 6.59. The molecule has 1 amide bonds. The zero-order valence-corrected chi connectivity index (χ0v) is 17.9. The van der Waals surface area contributed by atoms with Gasteiger partial charge in [-0.15, -0.1) is 0 Å². The largest absolute Gasteiger partial charge is 0.481 e. The van der Waals surface area contributed by atoms with Crippen LogP contribution in [0.1, 0.15) is 73.8 Å². The van der Waals surface area contributed by atoms with Gasteiger partial charge < -0.3 is 10.1 Å². The highest BCUT2D eigenvalue weighted by Gasteiger charge is 2.28. The van der Waals surface area contributed by atoms with Crippen LogP contribution in [0.25, 0.3) is 5.57 Å². The van der Waals surface area contributed by atoms with Gasteiger partial charge in [-0.05, 0) is 54.4 Å². The van der Waals surface area contributed by atoms with E-state index in [1.165, 1.54) is 18.4 Å². The van der Waals surface area contributed by atoms with E-state index in [4.69, 9.17) is 21.3 Å². The van der Waals surface area contributed by atoms with Crippen LogP contribution in [-0.2, 0) is 4.79 Å². The van der Waals surface area contributed by atoms with E-state index in [9.17, 15) is 4.79 Å². The lowest BCUT2D eigenvalue weighted by atomic mass is 9.95. The van der Waals surface area contributed by atoms with Gasteiger partial charge in [0.15, 0.2) is 0 Å². The number of ether oxygens (including phenoxy) is 1. The molecule has 1 aliphatic heterocycles. The number of rotatable bonds is 6. The van der Waals surface area contributed by atoms with Gasteiger partial charge in [0.25, 0.3) is 0 Å². The summed E-state index contributed by atoms with van der Waals surface area (Å²) < 4.78 is 5.60. The second-order valence-electron chi connectivity index (χ2n) is 8.25. The predicted molar refractivity (Wildman–Crippen MR) is 117 cm³/mol. The minimum absolute atomic E-state index is 0.00282. The fourth-order valence-electron chi connectivity index (χ4n) is 3.93. The second-order valence-corrected chi connectivity index (χ2v) is 8.66. The molecule has 2 aromatic rings. The van der Waals surface area contributed by atoms with Crippen molar-refractivity contribution in [1.29, 1.82) is 0 Å². The van der Waals surface area contributed by atoms with E-state index in [0.717, 1.165) is 33.8 Å². The lowest BCUT2D eigenvalue weighted by molar-refractivity contribution is -0.119. The van der Waals surface area contributed by atoms with E-state index < -0.39 is 0 Å². The fourth-order valence-corrected chi connectivity index (χ4v) is 4.32. The normalized spacial score (nSPS) is 19.6. The van der Waals surface area contributed by atoms with Gasteiger partial charge in [-0.3, -0.25) is 4.79 Å². The lowest BCUT2D eigenvalue weighted by Gasteiger charge is -2.16. The highest BCUT2D eigenvalue weighted by atomic mass is 35.5. The van der Waals surface area contributed by atoms with Crippen molar-refractivity contribution >= 4 is 23.1 Å². The Morgan fingerprint density at radius 2 is 2.03 bits per heavy atom. The van der Waals surface area contributed by atoms with Crippen LogP contribution in [-0.4, -0.2) is 24.0 Å². The Morgan fingerprint density at radius 1 is 1.24 bits per heavy atom. The summed E-state index contributed by atoms with van der Waals surface area (Å²) in [6.45, 7) is 4.27. The van der Waals surface area contributed by atoms with E-state index >= 15 is 0 Å². The number of carbonyl (C=O) groups excluding carboxylic acids is 1. The highest BCUT2D eigenvalue weighted by molar-refractivity contribution is 6.31. The predicted octanol–water partition coefficient (Wildman–Crippen LogP) is 5.45. The molecule has 1 N–H and O–H groups in total. The smallest absolute Gasteiger partial charge is 0.220 e. The molecule has 0 unspecified atom stereocenters. The summed E-state index contributed by atoms with van der Waals surface area (Å²) in [5, 5.41) is 3.78. The molecule has 0 bridgehead atoms. The summed E-state index contributed by atoms with van der Waals surface area (Å²) in [5.41, 5.74) is 5.10. The number of hydrogen-bond donors (Lipinski definition) is 1. The zero-order valence-electron chi connectivity index (χ0n) is 17.2. The fraction of sp³-hybridized carbons (Fsp3) is 0.417. The van der Waals surface area contributed by atoms with E-state index in [-0.39, 0.29) is 11.9 Å². The average molecular weight is 411 g/mol. The molecule has 2 fully saturated rings. The average Bonchev–Trinajstić information content (AvgIpc) is 3.47. The van der Waals surface area contributed by atoms with Crippen molar-refractivity contribution in [2.24, 2.45) is 0 Å². The van der Waals surface area contributed by atoms with Crippen molar-refractivity contribution in [3.8, 4) is 5.88 Å². The van der Waals surface area contributed by atoms with E-state index in [0.29, 0.717) is 24.1 Å². The Kier molecular flexibility index (Phi) is 5.64. The molecule has 29 heavy (non-hydrogen) atoms. The van der Waals surface area contributed by atoms with E-state index in [1.54, 1.807) is 7.11 Å². The third-order valence-electron chi connectivity index (χ3n) is 5.71. The Morgan fingerprint density at radius 3 is 2.62 bits per heavy atom. The standard InChI is InChI=1S/C24H27ClN2O2/c1-14(2)18-8-6-16(12-21(18)25)20(13-17-7-11-23(28)26-17)22-10-9-19(15-4-5-15)24(27-22)29-3/h6,8-10,12-15,17H,4-5,7,11H2,1-3H3,(H,26,28)/b20-13+/t17-/m1/s1. The first-order valence-electron chi connectivity index (χ1n) is 10.3. The maximum atomic E-state index is 11.7. The quantitative estimate of drug-likeness (QED) is 0.688. The number of benzene rings is 1. The van der Waals surface area contributed by atoms with Crippen molar-refractivity contribution in [3.05, 3.63) is 63.8 Å². The van der Waals surface area contributed by atoms with Crippen LogP contribution in [0, 0.1) is 0 Å². The van der Waals surface area contributed by atoms with Crippen LogP contribution >= 0.6 is 11.6 Å². The Bertz CT molecular complexity index is 963. The molecule has 0 spiro atoms. The minimum atomic E-state index is -0.00282. The molecule has 5 heteroatoms. The third-order valence-corrected chi connectivity index (χ3v) is 6.03. The molecule has 4 rings (SSSR count). The first kappa shape index (κ1) is 20.0. The summed E-state index contributed by atoms with van der Waals surface area (Å²) in [4.78, 5) is 16.5. The zero-order chi connectivity index (χ0) is 20.5. The van der Waals surface area contributed by atoms with Crippen molar-refractivity contribution in [2.45, 2.75) is 57.4 Å². The Labute approximate surface area is 177 Å². The van der Waals surface area contributed by atoms with Crippen molar-refractivity contribution < 1.29 is 9.53 Å². The number of nitrogens with one attached hydrogen (secondary N) is 1. The molecule has 1 aromatic heterocycles. The molecule has 1 atom stereocenters. The lowest BCUT2D eigenvalue weighted by Crippen LogP contribution is -2.23. The number of amides is 1. The van der Waals surface area contributed by atoms with Crippen LogP contribution in [0.15, 0.2) is 36.4 Å². The number of halogens is 1. The maximum absolute atomic E-state index is 11.7. The maximum Gasteiger partial charge on any atom is 0.220 e. The first-order chi connectivity index (χ1) is 14.0. The molecule has 2 aliphatic rings. The molecule has 152 valence electrons. The number of pyridine rings is 1. The molecule has 1 aromatic carbocycles. The summed E-state index contributed by atoms with van der Waals surface area (Å²) in [5.74, 6) is 1.70. The molecule has 0 radical (unpaired) electrons. The monoisotopic (exact) mass is 410 g/mol. The Balaban J connectivity index is 1.78. The third kappa shape index (κ3) is 4.32. The molecular weight excluding hydrogens is 384 g/mol. The summed E-state index contributed by atoms with van der Waals surface area (Å²) in [7, 11) is 1.67. The first-order valence-corrected chi connectivity index (χ1v) is 10.7. The van der Waals surface area contributed by atoms with Crippen molar-refractivity contribution in [3.63, 3.8) is 0 Å². The van der Waals surface area contributed by atoms with Crippen LogP contribution in [0.3, 0.4) is 0 Å². The number of aromatic nitrogens is 1.